The predicted molar refractivity (Wildman–Crippen MR) is 78.1 cm³/mol. The molecule has 0 heterocycles. The summed E-state index contributed by atoms with van der Waals surface area (Å²) in [6, 6.07) is 8.20. The summed E-state index contributed by atoms with van der Waals surface area (Å²) in [5, 5.41) is 12.2. The number of alkyl carbamates (subject to hydrolysis) is 1. The molecule has 1 aromatic carbocycles. The average molecular weight is 293 g/mol. The number of primary amides is 1. The highest BCUT2D eigenvalue weighted by atomic mass is 16.6. The van der Waals surface area contributed by atoms with Gasteiger partial charge in [0.25, 0.3) is 0 Å². The minimum absolute atomic E-state index is 0.645. The largest absolute Gasteiger partial charge is 0.444 e. The van der Waals surface area contributed by atoms with Crippen LogP contribution in [0.2, 0.25) is 0 Å². The average Bonchev–Trinajstić information content (AvgIpc) is 2.36. The maximum absolute atomic E-state index is 11.8. The number of aliphatic hydroxyl groups is 1. The molecule has 2 amide bonds. The lowest BCUT2D eigenvalue weighted by molar-refractivity contribution is -0.124. The van der Waals surface area contributed by atoms with E-state index in [2.05, 4.69) is 5.32 Å². The number of benzene rings is 1. The summed E-state index contributed by atoms with van der Waals surface area (Å²) in [5.74, 6) is -0.887. The lowest BCUT2D eigenvalue weighted by Crippen LogP contribution is -2.39. The Hall–Kier alpha value is -2.08. The van der Waals surface area contributed by atoms with Crippen LogP contribution >= 0.6 is 0 Å². The molecule has 0 saturated heterocycles. The van der Waals surface area contributed by atoms with Gasteiger partial charge in [0.1, 0.15) is 11.7 Å². The molecule has 21 heavy (non-hydrogen) atoms. The molecular weight excluding hydrogens is 272 g/mol. The van der Waals surface area contributed by atoms with Gasteiger partial charge in [-0.05, 0) is 26.3 Å². The van der Waals surface area contributed by atoms with E-state index < -0.39 is 29.7 Å². The molecule has 0 saturated carbocycles. The van der Waals surface area contributed by atoms with Gasteiger partial charge in [0.05, 0.1) is 6.04 Å². The molecule has 0 bridgehead atoms. The molecule has 2 unspecified atom stereocenters. The highest BCUT2D eigenvalue weighted by molar-refractivity contribution is 5.80. The fourth-order valence-corrected chi connectivity index (χ4v) is 1.61. The van der Waals surface area contributed by atoms with Crippen molar-refractivity contribution in [3.63, 3.8) is 0 Å². The second-order valence-corrected chi connectivity index (χ2v) is 5.57. The highest BCUT2D eigenvalue weighted by Gasteiger charge is 2.24. The third-order valence-electron chi connectivity index (χ3n) is 2.50. The fraction of sp³-hybridized carbons (Fsp3) is 0.400. The molecule has 0 aromatic heterocycles. The van der Waals surface area contributed by atoms with Crippen LogP contribution in [0.4, 0.5) is 4.79 Å². The van der Waals surface area contributed by atoms with Crippen LogP contribution in [-0.2, 0) is 9.53 Å². The molecule has 6 heteroatoms. The number of amides is 2. The summed E-state index contributed by atoms with van der Waals surface area (Å²) in [7, 11) is 0. The first-order valence-corrected chi connectivity index (χ1v) is 6.56. The number of aliphatic hydroxyl groups excluding tert-OH is 1. The van der Waals surface area contributed by atoms with Gasteiger partial charge in [-0.1, -0.05) is 30.3 Å². The van der Waals surface area contributed by atoms with Crippen LogP contribution in [0.1, 0.15) is 32.4 Å². The number of nitrogens with one attached hydrogen (secondary N) is 1. The topological polar surface area (TPSA) is 102 Å². The van der Waals surface area contributed by atoms with E-state index in [1.54, 1.807) is 45.0 Å². The second-order valence-electron chi connectivity index (χ2n) is 5.57. The summed E-state index contributed by atoms with van der Waals surface area (Å²) in [6.07, 6.45) is -0.865. The number of carbonyl (C=O) groups is 2. The molecule has 0 aliphatic rings. The lowest BCUT2D eigenvalue weighted by atomic mass is 10.0. The van der Waals surface area contributed by atoms with Gasteiger partial charge in [-0.15, -0.1) is 0 Å². The molecule has 115 valence electrons. The molecule has 0 spiro atoms. The van der Waals surface area contributed by atoms with Gasteiger partial charge in [-0.2, -0.15) is 0 Å². The van der Waals surface area contributed by atoms with E-state index in [0.29, 0.717) is 5.56 Å². The standard InChI is InChI=1S/C15H21N2O4/c1-15(2,3)21-14(20)17-11(9-12(18)13(16)19)10-7-5-4-6-8-10/h4-9,11-12,18H,1-3H3,(H2,16,19)(H,17,20). The van der Waals surface area contributed by atoms with Gasteiger partial charge in [0, 0.05) is 6.42 Å². The summed E-state index contributed by atoms with van der Waals surface area (Å²) in [6.45, 7) is 5.23. The van der Waals surface area contributed by atoms with Crippen LogP contribution in [0.25, 0.3) is 0 Å². The van der Waals surface area contributed by atoms with E-state index in [1.807, 2.05) is 6.07 Å². The number of carbonyl (C=O) groups excluding carboxylic acids is 2. The monoisotopic (exact) mass is 293 g/mol. The van der Waals surface area contributed by atoms with Crippen molar-refractivity contribution >= 4 is 12.0 Å². The van der Waals surface area contributed by atoms with Crippen molar-refractivity contribution in [2.24, 2.45) is 5.73 Å². The molecule has 1 aromatic rings. The number of nitrogens with two attached hydrogens (primary N) is 1. The number of hydrogen-bond donors (Lipinski definition) is 3. The summed E-state index contributed by atoms with van der Waals surface area (Å²) >= 11 is 0. The smallest absolute Gasteiger partial charge is 0.408 e. The quantitative estimate of drug-likeness (QED) is 0.761. The molecule has 2 atom stereocenters. The van der Waals surface area contributed by atoms with E-state index in [9.17, 15) is 14.7 Å². The molecule has 1 rings (SSSR count). The third kappa shape index (κ3) is 6.27. The summed E-state index contributed by atoms with van der Waals surface area (Å²) < 4.78 is 5.16. The highest BCUT2D eigenvalue weighted by Crippen LogP contribution is 2.18. The Bertz CT molecular complexity index is 482. The van der Waals surface area contributed by atoms with E-state index >= 15 is 0 Å². The normalized spacial score (nSPS) is 14.1. The first kappa shape index (κ1) is 17.0. The van der Waals surface area contributed by atoms with Crippen LogP contribution < -0.4 is 11.1 Å². The third-order valence-corrected chi connectivity index (χ3v) is 2.50. The lowest BCUT2D eigenvalue weighted by Gasteiger charge is -2.24. The minimum Gasteiger partial charge on any atom is -0.444 e. The van der Waals surface area contributed by atoms with Crippen molar-refractivity contribution in [3.05, 3.63) is 42.3 Å². The van der Waals surface area contributed by atoms with Crippen molar-refractivity contribution in [1.82, 2.24) is 5.32 Å². The second kappa shape index (κ2) is 7.08. The maximum atomic E-state index is 11.8. The maximum Gasteiger partial charge on any atom is 0.408 e. The molecule has 4 N–H and O–H groups in total. The minimum atomic E-state index is -1.47. The van der Waals surface area contributed by atoms with E-state index in [0.717, 1.165) is 0 Å². The molecule has 0 aliphatic heterocycles. The van der Waals surface area contributed by atoms with Gasteiger partial charge in [0.15, 0.2) is 0 Å². The van der Waals surface area contributed by atoms with Crippen LogP contribution in [0.3, 0.4) is 0 Å². The van der Waals surface area contributed by atoms with E-state index in [1.165, 1.54) is 6.42 Å². The number of rotatable bonds is 5. The van der Waals surface area contributed by atoms with Gasteiger partial charge in [-0.3, -0.25) is 4.79 Å². The van der Waals surface area contributed by atoms with E-state index in [-0.39, 0.29) is 0 Å². The van der Waals surface area contributed by atoms with Crippen molar-refractivity contribution in [3.8, 4) is 0 Å². The van der Waals surface area contributed by atoms with E-state index in [4.69, 9.17) is 10.5 Å². The Kier molecular flexibility index (Phi) is 5.72. The Labute approximate surface area is 124 Å². The van der Waals surface area contributed by atoms with Gasteiger partial charge >= 0.3 is 6.09 Å². The zero-order chi connectivity index (χ0) is 16.0. The van der Waals surface area contributed by atoms with Gasteiger partial charge in [0.2, 0.25) is 5.91 Å². The van der Waals surface area contributed by atoms with Crippen molar-refractivity contribution in [2.45, 2.75) is 38.5 Å². The molecular formula is C15H21N2O4. The van der Waals surface area contributed by atoms with Crippen LogP contribution in [0.15, 0.2) is 30.3 Å². The summed E-state index contributed by atoms with van der Waals surface area (Å²) in [5.41, 5.74) is 5.08. The molecule has 6 nitrogen and oxygen atoms in total. The van der Waals surface area contributed by atoms with Gasteiger partial charge in [-0.25, -0.2) is 4.79 Å². The Morgan fingerprint density at radius 2 is 1.86 bits per heavy atom. The van der Waals surface area contributed by atoms with Crippen LogP contribution in [0, 0.1) is 6.42 Å². The van der Waals surface area contributed by atoms with Crippen LogP contribution in [0.5, 0.6) is 0 Å². The molecule has 0 aliphatic carbocycles. The van der Waals surface area contributed by atoms with Gasteiger partial charge < -0.3 is 20.9 Å². The Balaban J connectivity index is 2.82. The first-order valence-electron chi connectivity index (χ1n) is 6.56. The molecule has 0 fully saturated rings. The zero-order valence-corrected chi connectivity index (χ0v) is 12.4. The van der Waals surface area contributed by atoms with Crippen molar-refractivity contribution in [1.29, 1.82) is 0 Å². The number of hydrogen-bond acceptors (Lipinski definition) is 4. The van der Waals surface area contributed by atoms with Crippen molar-refractivity contribution < 1.29 is 19.4 Å². The zero-order valence-electron chi connectivity index (χ0n) is 12.4. The molecule has 1 radical (unpaired) electrons. The Morgan fingerprint density at radius 3 is 2.33 bits per heavy atom. The number of ether oxygens (including phenoxy) is 1. The summed E-state index contributed by atoms with van der Waals surface area (Å²) in [4.78, 5) is 22.8. The van der Waals surface area contributed by atoms with Crippen LogP contribution in [-0.4, -0.2) is 28.8 Å². The fourth-order valence-electron chi connectivity index (χ4n) is 1.61. The Morgan fingerprint density at radius 1 is 1.29 bits per heavy atom. The van der Waals surface area contributed by atoms with Crippen molar-refractivity contribution in [2.75, 3.05) is 0 Å². The SMILES string of the molecule is CC(C)(C)OC(=O)NC([CH]C(O)C(N)=O)c1ccccc1. The first-order chi connectivity index (χ1) is 9.69. The predicted octanol–water partition coefficient (Wildman–Crippen LogP) is 1.30.